The number of Topliss-reactive ketones (excluding diaryl/α,β-unsaturated/α-hetero) is 2. The third-order valence-electron chi connectivity index (χ3n) is 9.98. The predicted octanol–water partition coefficient (Wildman–Crippen LogP) is 4.40. The average molecular weight is 579 g/mol. The largest absolute Gasteiger partial charge is 0.507 e. The van der Waals surface area contributed by atoms with Crippen LogP contribution >= 0.6 is 0 Å². The van der Waals surface area contributed by atoms with Crippen LogP contribution in [0, 0.1) is 11.8 Å². The molecule has 4 bridgehead atoms. The normalized spacial score (nSPS) is 33.1. The number of ether oxygens (including phenoxy) is 3. The number of aliphatic carboxylic acids is 1. The summed E-state index contributed by atoms with van der Waals surface area (Å²) < 4.78 is 20.0. The second-order valence-corrected chi connectivity index (χ2v) is 13.7. The lowest BCUT2D eigenvalue weighted by Gasteiger charge is -2.56. The van der Waals surface area contributed by atoms with Gasteiger partial charge in [0.2, 0.25) is 0 Å². The van der Waals surface area contributed by atoms with Crippen molar-refractivity contribution in [2.75, 3.05) is 0 Å². The Morgan fingerprint density at radius 2 is 1.74 bits per heavy atom. The molecule has 3 aliphatic heterocycles. The van der Waals surface area contributed by atoms with Crippen LogP contribution in [-0.4, -0.2) is 61.4 Å². The highest BCUT2D eigenvalue weighted by molar-refractivity contribution is 6.18. The van der Waals surface area contributed by atoms with Gasteiger partial charge in [0.05, 0.1) is 11.7 Å². The predicted molar refractivity (Wildman–Crippen MR) is 152 cm³/mol. The average Bonchev–Trinajstić information content (AvgIpc) is 3.05. The minimum atomic E-state index is -1.64. The number of carboxylic acid groups (broad SMARTS) is 1. The standard InChI is InChI=1S/C33H38O9/c1-15(2)8-9-18-26-19(14-22(34)31(6,7)40-26)24(35)23-25(36)20-12-17-13-21-30(4,5)42-32(28(17)37,11-10-16(3)29(38)39)33(20,21)41-27(18)23/h8,10,12,17,21-22,34-35H,9,11,13-14H2,1-7H3,(H,38,39)/t17-,21+,22-,32+,33-/m1/s1. The molecule has 1 aromatic carbocycles. The van der Waals surface area contributed by atoms with Gasteiger partial charge in [-0.2, -0.15) is 0 Å². The van der Waals surface area contributed by atoms with Gasteiger partial charge in [0.25, 0.3) is 0 Å². The Balaban J connectivity index is 1.65. The fourth-order valence-corrected chi connectivity index (χ4v) is 7.71. The summed E-state index contributed by atoms with van der Waals surface area (Å²) in [6.07, 6.45) is 4.91. The fraction of sp³-hybridized carbons (Fsp3) is 0.545. The molecule has 42 heavy (non-hydrogen) atoms. The van der Waals surface area contributed by atoms with E-state index in [-0.39, 0.29) is 46.8 Å². The summed E-state index contributed by atoms with van der Waals surface area (Å²) in [4.78, 5) is 40.4. The highest BCUT2D eigenvalue weighted by Gasteiger charge is 2.81. The van der Waals surface area contributed by atoms with Gasteiger partial charge in [-0.25, -0.2) is 4.79 Å². The van der Waals surface area contributed by atoms with Crippen LogP contribution in [0.1, 0.15) is 82.8 Å². The van der Waals surface area contributed by atoms with Crippen molar-refractivity contribution in [3.63, 3.8) is 0 Å². The molecule has 1 spiro atoms. The van der Waals surface area contributed by atoms with Gasteiger partial charge in [-0.3, -0.25) is 9.59 Å². The topological polar surface area (TPSA) is 140 Å². The number of aromatic hydroxyl groups is 1. The maximum Gasteiger partial charge on any atom is 0.330 e. The fourth-order valence-electron chi connectivity index (χ4n) is 7.71. The Morgan fingerprint density at radius 3 is 2.38 bits per heavy atom. The van der Waals surface area contributed by atoms with E-state index in [0.717, 1.165) is 5.57 Å². The third-order valence-corrected chi connectivity index (χ3v) is 9.98. The van der Waals surface area contributed by atoms with Crippen LogP contribution < -0.4 is 9.47 Å². The van der Waals surface area contributed by atoms with Crippen LogP contribution in [0.3, 0.4) is 0 Å². The first-order valence-corrected chi connectivity index (χ1v) is 14.5. The lowest BCUT2D eigenvalue weighted by atomic mass is 9.51. The molecule has 1 saturated heterocycles. The van der Waals surface area contributed by atoms with Crippen molar-refractivity contribution >= 4 is 17.5 Å². The number of carbonyl (C=O) groups excluding carboxylic acids is 2. The molecule has 9 nitrogen and oxygen atoms in total. The molecule has 3 heterocycles. The molecular weight excluding hydrogens is 540 g/mol. The van der Waals surface area contributed by atoms with Crippen LogP contribution in [-0.2, 0) is 27.2 Å². The van der Waals surface area contributed by atoms with Gasteiger partial charge in [-0.1, -0.05) is 23.8 Å². The second kappa shape index (κ2) is 8.80. The summed E-state index contributed by atoms with van der Waals surface area (Å²) in [5.41, 5.74) is -2.83. The van der Waals surface area contributed by atoms with Crippen molar-refractivity contribution in [2.45, 2.75) is 103 Å². The van der Waals surface area contributed by atoms with Crippen molar-refractivity contribution < 1.29 is 43.9 Å². The van der Waals surface area contributed by atoms with E-state index in [0.29, 0.717) is 29.7 Å². The SMILES string of the molecule is CC(C)=CCc1c2c(c(O)c3c1O[C@]14C(=C[C@@H]5C[C@H]1C(C)(C)O[C@@]4(CC=C(C)C(=O)O)C5=O)C3=O)C[C@@H](O)C(C)(C)O2. The smallest absolute Gasteiger partial charge is 0.330 e. The van der Waals surface area contributed by atoms with Crippen LogP contribution in [0.5, 0.6) is 17.2 Å². The van der Waals surface area contributed by atoms with Gasteiger partial charge >= 0.3 is 5.97 Å². The summed E-state index contributed by atoms with van der Waals surface area (Å²) in [5, 5.41) is 32.0. The summed E-state index contributed by atoms with van der Waals surface area (Å²) in [5.74, 6) is -2.64. The van der Waals surface area contributed by atoms with Crippen molar-refractivity contribution in [1.29, 1.82) is 0 Å². The third kappa shape index (κ3) is 3.52. The van der Waals surface area contributed by atoms with Gasteiger partial charge in [0.1, 0.15) is 28.4 Å². The second-order valence-electron chi connectivity index (χ2n) is 13.7. The minimum absolute atomic E-state index is 0.0112. The summed E-state index contributed by atoms with van der Waals surface area (Å²) in [6.45, 7) is 12.6. The van der Waals surface area contributed by atoms with Crippen molar-refractivity contribution in [2.24, 2.45) is 11.8 Å². The monoisotopic (exact) mass is 578 g/mol. The molecule has 3 N–H and O–H groups in total. The first-order chi connectivity index (χ1) is 19.5. The van der Waals surface area contributed by atoms with Crippen molar-refractivity contribution in [1.82, 2.24) is 0 Å². The molecule has 0 amide bonds. The molecule has 3 aliphatic carbocycles. The lowest BCUT2D eigenvalue weighted by molar-refractivity contribution is -0.171. The number of phenolic OH excluding ortho intramolecular Hbond substituents is 1. The molecule has 0 radical (unpaired) electrons. The molecule has 224 valence electrons. The number of fused-ring (bicyclic) bond motifs is 2. The van der Waals surface area contributed by atoms with Crippen molar-refractivity contribution in [3.05, 3.63) is 51.6 Å². The molecule has 6 aliphatic rings. The van der Waals surface area contributed by atoms with Gasteiger partial charge in [-0.05, 0) is 61.3 Å². The van der Waals surface area contributed by atoms with E-state index in [1.165, 1.54) is 13.0 Å². The lowest BCUT2D eigenvalue weighted by Crippen LogP contribution is -2.72. The van der Waals surface area contributed by atoms with Crippen LogP contribution in [0.15, 0.2) is 34.9 Å². The molecule has 5 atom stereocenters. The number of carbonyl (C=O) groups is 3. The molecule has 1 saturated carbocycles. The number of hydrogen-bond donors (Lipinski definition) is 3. The van der Waals surface area contributed by atoms with E-state index in [1.54, 1.807) is 19.9 Å². The molecule has 0 aromatic heterocycles. The first kappa shape index (κ1) is 28.7. The van der Waals surface area contributed by atoms with E-state index >= 15 is 0 Å². The number of hydrogen-bond acceptors (Lipinski definition) is 8. The zero-order valence-electron chi connectivity index (χ0n) is 25.1. The molecular formula is C33H38O9. The van der Waals surface area contributed by atoms with Gasteiger partial charge in [-0.15, -0.1) is 0 Å². The molecule has 7 rings (SSSR count). The van der Waals surface area contributed by atoms with Crippen molar-refractivity contribution in [3.8, 4) is 17.2 Å². The summed E-state index contributed by atoms with van der Waals surface area (Å²) in [6, 6.07) is 0. The summed E-state index contributed by atoms with van der Waals surface area (Å²) >= 11 is 0. The molecule has 2 fully saturated rings. The highest BCUT2D eigenvalue weighted by Crippen LogP contribution is 2.68. The van der Waals surface area contributed by atoms with E-state index in [1.807, 2.05) is 33.8 Å². The Kier molecular flexibility index (Phi) is 6.01. The maximum atomic E-state index is 14.6. The number of phenols is 1. The van der Waals surface area contributed by atoms with Crippen LogP contribution in [0.2, 0.25) is 0 Å². The molecule has 9 heteroatoms. The number of rotatable bonds is 5. The van der Waals surface area contributed by atoms with E-state index < -0.39 is 52.1 Å². The number of allylic oxidation sites excluding steroid dienone is 3. The quantitative estimate of drug-likeness (QED) is 0.343. The molecule has 0 unspecified atom stereocenters. The van der Waals surface area contributed by atoms with Crippen LogP contribution in [0.25, 0.3) is 0 Å². The van der Waals surface area contributed by atoms with Gasteiger partial charge in [0.15, 0.2) is 22.8 Å². The number of benzene rings is 1. The number of carboxylic acids is 1. The zero-order chi connectivity index (χ0) is 30.7. The number of ketones is 2. The van der Waals surface area contributed by atoms with Gasteiger partial charge in [0, 0.05) is 47.0 Å². The maximum absolute atomic E-state index is 14.6. The van der Waals surface area contributed by atoms with E-state index in [4.69, 9.17) is 14.2 Å². The van der Waals surface area contributed by atoms with Gasteiger partial charge < -0.3 is 29.5 Å². The Labute approximate surface area is 244 Å². The number of aliphatic hydroxyl groups excluding tert-OH is 1. The Bertz CT molecular complexity index is 1550. The molecule has 1 aromatic rings. The summed E-state index contributed by atoms with van der Waals surface area (Å²) in [7, 11) is 0. The first-order valence-electron chi connectivity index (χ1n) is 14.5. The van der Waals surface area contributed by atoms with Crippen LogP contribution in [0.4, 0.5) is 0 Å². The van der Waals surface area contributed by atoms with E-state index in [2.05, 4.69) is 0 Å². The highest BCUT2D eigenvalue weighted by atomic mass is 16.6. The number of aliphatic hydroxyl groups is 1. The Morgan fingerprint density at radius 1 is 1.05 bits per heavy atom. The zero-order valence-corrected chi connectivity index (χ0v) is 25.1. The minimum Gasteiger partial charge on any atom is -0.507 e. The van der Waals surface area contributed by atoms with E-state index in [9.17, 15) is 29.7 Å². The Hall–Kier alpha value is -3.43.